The molecule has 0 saturated carbocycles. The zero-order chi connectivity index (χ0) is 13.9. The molecule has 5 heteroatoms. The molecule has 1 aromatic heterocycles. The van der Waals surface area contributed by atoms with Crippen LogP contribution in [-0.4, -0.2) is 38.8 Å². The number of aliphatic hydroxyl groups excluding tert-OH is 1. The van der Waals surface area contributed by atoms with Crippen LogP contribution in [0.1, 0.15) is 18.0 Å². The van der Waals surface area contributed by atoms with Crippen LogP contribution in [0.3, 0.4) is 0 Å². The minimum absolute atomic E-state index is 0.0872. The van der Waals surface area contributed by atoms with E-state index in [1.54, 1.807) is 24.7 Å². The molecule has 2 atom stereocenters. The summed E-state index contributed by atoms with van der Waals surface area (Å²) in [7, 11) is 0. The fraction of sp³-hybridized carbons (Fsp3) is 0.400. The Bertz CT molecular complexity index is 558. The number of halogens is 1. The molecular formula is C15H18FN3O. The number of imidazole rings is 1. The fourth-order valence-corrected chi connectivity index (χ4v) is 2.85. The summed E-state index contributed by atoms with van der Waals surface area (Å²) in [6.45, 7) is 2.27. The number of aromatic nitrogens is 2. The monoisotopic (exact) mass is 275 g/mol. The molecule has 0 radical (unpaired) electrons. The van der Waals surface area contributed by atoms with E-state index in [-0.39, 0.29) is 18.0 Å². The van der Waals surface area contributed by atoms with Gasteiger partial charge in [0, 0.05) is 38.1 Å². The first-order valence-corrected chi connectivity index (χ1v) is 6.85. The summed E-state index contributed by atoms with van der Waals surface area (Å²) in [6, 6.07) is 6.75. The molecule has 0 aliphatic carbocycles. The Balaban J connectivity index is 1.71. The van der Waals surface area contributed by atoms with Gasteiger partial charge in [-0.3, -0.25) is 4.90 Å². The van der Waals surface area contributed by atoms with Crippen molar-refractivity contribution >= 4 is 0 Å². The minimum Gasteiger partial charge on any atom is -0.392 e. The predicted octanol–water partition coefficient (Wildman–Crippen LogP) is 1.83. The quantitative estimate of drug-likeness (QED) is 0.925. The standard InChI is InChI=1S/C15H18FN3O/c16-13-3-1-2-12(8-13)15-9-14(20)10-19(15)7-6-18-5-4-17-11-18/h1-5,8,11,14-15,20H,6-7,9-10H2/t14-,15+/m1/s1. The van der Waals surface area contributed by atoms with E-state index in [1.165, 1.54) is 6.07 Å². The van der Waals surface area contributed by atoms with Gasteiger partial charge in [-0.25, -0.2) is 9.37 Å². The van der Waals surface area contributed by atoms with Gasteiger partial charge in [0.2, 0.25) is 0 Å². The third-order valence-electron chi connectivity index (χ3n) is 3.82. The van der Waals surface area contributed by atoms with Crippen LogP contribution in [0.2, 0.25) is 0 Å². The second-order valence-electron chi connectivity index (χ2n) is 5.26. The molecule has 3 rings (SSSR count). The molecule has 1 aliphatic rings. The molecular weight excluding hydrogens is 257 g/mol. The summed E-state index contributed by atoms with van der Waals surface area (Å²) in [5, 5.41) is 9.90. The van der Waals surface area contributed by atoms with Crippen LogP contribution >= 0.6 is 0 Å². The summed E-state index contributed by atoms with van der Waals surface area (Å²) in [6.07, 6.45) is 5.77. The Morgan fingerprint density at radius 2 is 2.25 bits per heavy atom. The largest absolute Gasteiger partial charge is 0.392 e. The van der Waals surface area contributed by atoms with Crippen LogP contribution in [0.25, 0.3) is 0 Å². The second-order valence-corrected chi connectivity index (χ2v) is 5.26. The highest BCUT2D eigenvalue weighted by molar-refractivity contribution is 5.21. The van der Waals surface area contributed by atoms with E-state index in [0.29, 0.717) is 13.0 Å². The lowest BCUT2D eigenvalue weighted by Gasteiger charge is -2.24. The maximum absolute atomic E-state index is 13.4. The van der Waals surface area contributed by atoms with Gasteiger partial charge in [-0.15, -0.1) is 0 Å². The van der Waals surface area contributed by atoms with Gasteiger partial charge in [-0.05, 0) is 24.1 Å². The molecule has 4 nitrogen and oxygen atoms in total. The Morgan fingerprint density at radius 1 is 1.35 bits per heavy atom. The van der Waals surface area contributed by atoms with Gasteiger partial charge < -0.3 is 9.67 Å². The van der Waals surface area contributed by atoms with Crippen molar-refractivity contribution in [3.63, 3.8) is 0 Å². The third-order valence-corrected chi connectivity index (χ3v) is 3.82. The van der Waals surface area contributed by atoms with E-state index in [0.717, 1.165) is 18.7 Å². The molecule has 0 amide bonds. The molecule has 2 heterocycles. The number of hydrogen-bond donors (Lipinski definition) is 1. The second kappa shape index (κ2) is 5.73. The molecule has 0 bridgehead atoms. The van der Waals surface area contributed by atoms with E-state index in [4.69, 9.17) is 0 Å². The van der Waals surface area contributed by atoms with Crippen molar-refractivity contribution in [1.82, 2.24) is 14.5 Å². The van der Waals surface area contributed by atoms with Gasteiger partial charge in [-0.1, -0.05) is 12.1 Å². The number of β-amino-alcohol motifs (C(OH)–C–C–N with tert-alkyl or cyclic N) is 1. The Kier molecular flexibility index (Phi) is 3.80. The van der Waals surface area contributed by atoms with Crippen LogP contribution in [0.4, 0.5) is 4.39 Å². The van der Waals surface area contributed by atoms with Gasteiger partial charge in [0.25, 0.3) is 0 Å². The Hall–Kier alpha value is -1.72. The van der Waals surface area contributed by atoms with E-state index in [9.17, 15) is 9.50 Å². The highest BCUT2D eigenvalue weighted by Gasteiger charge is 2.31. The van der Waals surface area contributed by atoms with Gasteiger partial charge >= 0.3 is 0 Å². The number of aliphatic hydroxyl groups is 1. The van der Waals surface area contributed by atoms with Crippen molar-refractivity contribution in [2.45, 2.75) is 25.1 Å². The van der Waals surface area contributed by atoms with Gasteiger partial charge in [0.1, 0.15) is 5.82 Å². The fourth-order valence-electron chi connectivity index (χ4n) is 2.85. The molecule has 106 valence electrons. The smallest absolute Gasteiger partial charge is 0.123 e. The number of hydrogen-bond acceptors (Lipinski definition) is 3. The van der Waals surface area contributed by atoms with Crippen molar-refractivity contribution in [3.05, 3.63) is 54.4 Å². The lowest BCUT2D eigenvalue weighted by molar-refractivity contribution is 0.173. The SMILES string of the molecule is O[C@@H]1C[C@@H](c2cccc(F)c2)N(CCn2ccnc2)C1. The topological polar surface area (TPSA) is 41.3 Å². The highest BCUT2D eigenvalue weighted by atomic mass is 19.1. The van der Waals surface area contributed by atoms with Crippen molar-refractivity contribution in [2.75, 3.05) is 13.1 Å². The molecule has 2 aromatic rings. The highest BCUT2D eigenvalue weighted by Crippen LogP contribution is 2.32. The van der Waals surface area contributed by atoms with Gasteiger partial charge in [0.15, 0.2) is 0 Å². The molecule has 1 fully saturated rings. The number of nitrogens with zero attached hydrogens (tertiary/aromatic N) is 3. The maximum Gasteiger partial charge on any atom is 0.123 e. The van der Waals surface area contributed by atoms with Crippen molar-refractivity contribution < 1.29 is 9.50 Å². The lowest BCUT2D eigenvalue weighted by atomic mass is 10.0. The molecule has 1 aliphatic heterocycles. The summed E-state index contributed by atoms with van der Waals surface area (Å²) < 4.78 is 15.4. The molecule has 0 unspecified atom stereocenters. The first-order valence-electron chi connectivity index (χ1n) is 6.85. The summed E-state index contributed by atoms with van der Waals surface area (Å²) >= 11 is 0. The van der Waals surface area contributed by atoms with E-state index in [1.807, 2.05) is 16.8 Å². The van der Waals surface area contributed by atoms with Gasteiger partial charge in [-0.2, -0.15) is 0 Å². The van der Waals surface area contributed by atoms with Crippen LogP contribution < -0.4 is 0 Å². The maximum atomic E-state index is 13.4. The molecule has 20 heavy (non-hydrogen) atoms. The van der Waals surface area contributed by atoms with Gasteiger partial charge in [0.05, 0.1) is 12.4 Å². The minimum atomic E-state index is -0.342. The average molecular weight is 275 g/mol. The van der Waals surface area contributed by atoms with Crippen LogP contribution in [-0.2, 0) is 6.54 Å². The van der Waals surface area contributed by atoms with Crippen LogP contribution in [0.15, 0.2) is 43.0 Å². The van der Waals surface area contributed by atoms with Crippen molar-refractivity contribution in [2.24, 2.45) is 0 Å². The zero-order valence-corrected chi connectivity index (χ0v) is 11.2. The van der Waals surface area contributed by atoms with E-state index >= 15 is 0 Å². The van der Waals surface area contributed by atoms with Crippen molar-refractivity contribution in [3.8, 4) is 0 Å². The predicted molar refractivity (Wildman–Crippen MR) is 73.6 cm³/mol. The van der Waals surface area contributed by atoms with E-state index < -0.39 is 0 Å². The summed E-state index contributed by atoms with van der Waals surface area (Å²) in [5.74, 6) is -0.224. The third kappa shape index (κ3) is 2.89. The van der Waals surface area contributed by atoms with Crippen molar-refractivity contribution in [1.29, 1.82) is 0 Å². The zero-order valence-electron chi connectivity index (χ0n) is 11.2. The molecule has 1 N–H and O–H groups in total. The number of benzene rings is 1. The molecule has 1 saturated heterocycles. The number of likely N-dealkylation sites (tertiary alicyclic amines) is 1. The van der Waals surface area contributed by atoms with Crippen LogP contribution in [0.5, 0.6) is 0 Å². The van der Waals surface area contributed by atoms with E-state index in [2.05, 4.69) is 9.88 Å². The molecule has 0 spiro atoms. The summed E-state index contributed by atoms with van der Waals surface area (Å²) in [5.41, 5.74) is 0.937. The normalized spacial score (nSPS) is 23.3. The molecule has 1 aromatic carbocycles. The van der Waals surface area contributed by atoms with Crippen LogP contribution in [0, 0.1) is 5.82 Å². The Morgan fingerprint density at radius 3 is 3.00 bits per heavy atom. The first kappa shape index (κ1) is 13.3. The lowest BCUT2D eigenvalue weighted by Crippen LogP contribution is -2.28. The average Bonchev–Trinajstić information content (AvgIpc) is 3.05. The first-order chi connectivity index (χ1) is 9.72. The Labute approximate surface area is 117 Å². The summed E-state index contributed by atoms with van der Waals surface area (Å²) in [4.78, 5) is 6.22. The number of rotatable bonds is 4.